The van der Waals surface area contributed by atoms with Gasteiger partial charge in [-0.25, -0.2) is 0 Å². The molecule has 2 heterocycles. The fraction of sp³-hybridized carbons (Fsp3) is 0.421. The first-order chi connectivity index (χ1) is 12.2. The molecule has 1 amide bonds. The van der Waals surface area contributed by atoms with Crippen molar-refractivity contribution in [3.8, 4) is 5.75 Å². The fourth-order valence-corrected chi connectivity index (χ4v) is 4.11. The number of ether oxygens (including phenoxy) is 1. The maximum Gasteiger partial charge on any atom is 0.231 e. The molecule has 2 aromatic rings. The lowest BCUT2D eigenvalue weighted by molar-refractivity contribution is -0.120. The van der Waals surface area contributed by atoms with Crippen LogP contribution in [0.15, 0.2) is 24.3 Å². The van der Waals surface area contributed by atoms with Crippen LogP contribution in [0.3, 0.4) is 0 Å². The Morgan fingerprint density at radius 1 is 1.32 bits per heavy atom. The van der Waals surface area contributed by atoms with Crippen molar-refractivity contribution in [3.63, 3.8) is 0 Å². The van der Waals surface area contributed by atoms with Gasteiger partial charge in [-0.2, -0.15) is 5.10 Å². The number of hydrogen-bond acceptors (Lipinski definition) is 4. The molecule has 1 aliphatic heterocycles. The Kier molecular flexibility index (Phi) is 3.20. The lowest BCUT2D eigenvalue weighted by atomic mass is 9.92. The molecule has 0 spiro atoms. The molecule has 2 unspecified atom stereocenters. The highest BCUT2D eigenvalue weighted by Gasteiger charge is 2.46. The Hall–Kier alpha value is -2.63. The average Bonchev–Trinajstić information content (AvgIpc) is 3.32. The number of aromatic amines is 1. The number of H-pyrrole nitrogens is 1. The van der Waals surface area contributed by atoms with E-state index >= 15 is 0 Å². The number of carbonyl (C=O) groups excluding carboxylic acids is 2. The highest BCUT2D eigenvalue weighted by Crippen LogP contribution is 2.55. The molecule has 1 aromatic carbocycles. The largest absolute Gasteiger partial charge is 0.491 e. The normalized spacial score (nSPS) is 26.4. The van der Waals surface area contributed by atoms with Crippen molar-refractivity contribution in [1.82, 2.24) is 10.2 Å². The van der Waals surface area contributed by atoms with E-state index in [1.54, 1.807) is 6.07 Å². The Balaban J connectivity index is 1.35. The molecule has 1 fully saturated rings. The van der Waals surface area contributed by atoms with Crippen LogP contribution in [0.5, 0.6) is 5.75 Å². The van der Waals surface area contributed by atoms with Crippen LogP contribution >= 0.6 is 0 Å². The molecular formula is C19H19N3O3. The minimum atomic E-state index is -0.508. The number of para-hydroxylation sites is 2. The van der Waals surface area contributed by atoms with E-state index < -0.39 is 5.92 Å². The Bertz CT molecular complexity index is 873. The van der Waals surface area contributed by atoms with Crippen molar-refractivity contribution in [3.05, 3.63) is 41.2 Å². The zero-order valence-corrected chi connectivity index (χ0v) is 13.7. The van der Waals surface area contributed by atoms with Crippen LogP contribution < -0.4 is 10.1 Å². The van der Waals surface area contributed by atoms with Gasteiger partial charge in [-0.15, -0.1) is 0 Å². The van der Waals surface area contributed by atoms with E-state index in [0.29, 0.717) is 23.0 Å². The smallest absolute Gasteiger partial charge is 0.231 e. The van der Waals surface area contributed by atoms with Crippen molar-refractivity contribution >= 4 is 17.4 Å². The van der Waals surface area contributed by atoms with Gasteiger partial charge in [0.05, 0.1) is 11.6 Å². The maximum atomic E-state index is 12.8. The van der Waals surface area contributed by atoms with Gasteiger partial charge in [-0.3, -0.25) is 14.7 Å². The molecule has 0 saturated heterocycles. The molecule has 25 heavy (non-hydrogen) atoms. The lowest BCUT2D eigenvalue weighted by Crippen LogP contribution is -2.28. The molecule has 6 nitrogen and oxygen atoms in total. The summed E-state index contributed by atoms with van der Waals surface area (Å²) in [4.78, 5) is 25.3. The number of nitrogens with zero attached hydrogens (tertiary/aromatic N) is 1. The molecule has 3 aliphatic rings. The predicted molar refractivity (Wildman–Crippen MR) is 90.8 cm³/mol. The second-order valence-corrected chi connectivity index (χ2v) is 7.23. The topological polar surface area (TPSA) is 84.1 Å². The standard InChI is InChI=1S/C19H19N3O3/c23-15(18-17-12-7-10(12)5-6-14(17)21-22-18)8-11-9-25-16-4-2-1-3-13(16)20-19(11)24/h1-4,10-12H,5-9H2,(H,20,24)(H,21,22)/t10?,11-,12?/m0/s1. The number of aromatic nitrogens is 2. The van der Waals surface area contributed by atoms with Crippen LogP contribution in [0, 0.1) is 11.8 Å². The summed E-state index contributed by atoms with van der Waals surface area (Å²) in [7, 11) is 0. The summed E-state index contributed by atoms with van der Waals surface area (Å²) in [6.07, 6.45) is 3.44. The summed E-state index contributed by atoms with van der Waals surface area (Å²) >= 11 is 0. The van der Waals surface area contributed by atoms with Gasteiger partial charge >= 0.3 is 0 Å². The number of amides is 1. The molecule has 0 bridgehead atoms. The van der Waals surface area contributed by atoms with Gasteiger partial charge in [0, 0.05) is 17.7 Å². The van der Waals surface area contributed by atoms with Gasteiger partial charge in [0.15, 0.2) is 5.78 Å². The summed E-state index contributed by atoms with van der Waals surface area (Å²) < 4.78 is 5.73. The number of aryl methyl sites for hydroxylation is 1. The maximum absolute atomic E-state index is 12.8. The first kappa shape index (κ1) is 14.7. The lowest BCUT2D eigenvalue weighted by Gasteiger charge is -2.13. The number of rotatable bonds is 3. The first-order valence-corrected chi connectivity index (χ1v) is 8.83. The third-order valence-corrected chi connectivity index (χ3v) is 5.59. The molecule has 2 N–H and O–H groups in total. The van der Waals surface area contributed by atoms with E-state index in [-0.39, 0.29) is 24.7 Å². The van der Waals surface area contributed by atoms with Gasteiger partial charge in [-0.1, -0.05) is 12.1 Å². The number of nitrogens with one attached hydrogen (secondary N) is 2. The van der Waals surface area contributed by atoms with E-state index in [1.807, 2.05) is 18.2 Å². The minimum Gasteiger partial charge on any atom is -0.491 e. The van der Waals surface area contributed by atoms with E-state index in [9.17, 15) is 9.59 Å². The van der Waals surface area contributed by atoms with Crippen LogP contribution in [-0.2, 0) is 11.2 Å². The first-order valence-electron chi connectivity index (χ1n) is 8.83. The van der Waals surface area contributed by atoms with Crippen LogP contribution in [0.25, 0.3) is 0 Å². The number of Topliss-reactive ketones (excluding diaryl/α,β-unsaturated/α-hetero) is 1. The highest BCUT2D eigenvalue weighted by molar-refractivity contribution is 6.02. The Morgan fingerprint density at radius 3 is 3.12 bits per heavy atom. The molecule has 3 atom stereocenters. The highest BCUT2D eigenvalue weighted by atomic mass is 16.5. The Morgan fingerprint density at radius 2 is 2.20 bits per heavy atom. The number of hydrogen-bond donors (Lipinski definition) is 2. The number of carbonyl (C=O) groups is 2. The third kappa shape index (κ3) is 2.44. The van der Waals surface area contributed by atoms with Crippen LogP contribution in [0.1, 0.15) is 46.9 Å². The van der Waals surface area contributed by atoms with Crippen molar-refractivity contribution in [2.24, 2.45) is 11.8 Å². The molecule has 6 heteroatoms. The summed E-state index contributed by atoms with van der Waals surface area (Å²) in [5, 5.41) is 10.2. The molecular weight excluding hydrogens is 318 g/mol. The second-order valence-electron chi connectivity index (χ2n) is 7.23. The third-order valence-electron chi connectivity index (χ3n) is 5.59. The summed E-state index contributed by atoms with van der Waals surface area (Å²) in [5.41, 5.74) is 3.41. The number of anilines is 1. The van der Waals surface area contributed by atoms with Gasteiger partial charge in [0.1, 0.15) is 18.1 Å². The molecule has 1 saturated carbocycles. The number of ketones is 1. The zero-order valence-electron chi connectivity index (χ0n) is 13.7. The fourth-order valence-electron chi connectivity index (χ4n) is 4.11. The summed E-state index contributed by atoms with van der Waals surface area (Å²) in [6.45, 7) is 0.202. The molecule has 2 aliphatic carbocycles. The van der Waals surface area contributed by atoms with E-state index in [2.05, 4.69) is 15.5 Å². The van der Waals surface area contributed by atoms with E-state index in [4.69, 9.17) is 4.74 Å². The zero-order chi connectivity index (χ0) is 17.0. The molecule has 128 valence electrons. The van der Waals surface area contributed by atoms with Crippen LogP contribution in [0.2, 0.25) is 0 Å². The summed E-state index contributed by atoms with van der Waals surface area (Å²) in [5.74, 6) is 1.10. The molecule has 1 aromatic heterocycles. The molecule has 5 rings (SSSR count). The van der Waals surface area contributed by atoms with Gasteiger partial charge < -0.3 is 10.1 Å². The van der Waals surface area contributed by atoms with Crippen molar-refractivity contribution < 1.29 is 14.3 Å². The van der Waals surface area contributed by atoms with Crippen LogP contribution in [0.4, 0.5) is 5.69 Å². The van der Waals surface area contributed by atoms with Gasteiger partial charge in [-0.05, 0) is 43.2 Å². The van der Waals surface area contributed by atoms with Crippen molar-refractivity contribution in [2.75, 3.05) is 11.9 Å². The quantitative estimate of drug-likeness (QED) is 0.844. The second kappa shape index (κ2) is 5.44. The van der Waals surface area contributed by atoms with E-state index in [0.717, 1.165) is 30.0 Å². The molecule has 0 radical (unpaired) electrons. The van der Waals surface area contributed by atoms with Crippen LogP contribution in [-0.4, -0.2) is 28.5 Å². The Labute approximate surface area is 145 Å². The minimum absolute atomic E-state index is 0.0697. The van der Waals surface area contributed by atoms with Crippen molar-refractivity contribution in [1.29, 1.82) is 0 Å². The summed E-state index contributed by atoms with van der Waals surface area (Å²) in [6, 6.07) is 7.32. The monoisotopic (exact) mass is 337 g/mol. The SMILES string of the molecule is O=C(C[C@H]1COc2ccccc2NC1=O)c1n[nH]c2c1C1CC1CC2. The van der Waals surface area contributed by atoms with Gasteiger partial charge in [0.25, 0.3) is 0 Å². The average molecular weight is 337 g/mol. The number of benzene rings is 1. The predicted octanol–water partition coefficient (Wildman–Crippen LogP) is 2.68. The van der Waals surface area contributed by atoms with Gasteiger partial charge in [0.2, 0.25) is 5.91 Å². The van der Waals surface area contributed by atoms with E-state index in [1.165, 1.54) is 6.42 Å². The van der Waals surface area contributed by atoms with Crippen molar-refractivity contribution in [2.45, 2.75) is 31.6 Å². The number of fused-ring (bicyclic) bond motifs is 4.